The lowest BCUT2D eigenvalue weighted by molar-refractivity contribution is -0.149. The number of carbonyl (C=O) groups excluding carboxylic acids is 2. The van der Waals surface area contributed by atoms with E-state index in [0.717, 1.165) is 12.8 Å². The van der Waals surface area contributed by atoms with E-state index in [0.29, 0.717) is 12.7 Å². The van der Waals surface area contributed by atoms with Crippen LogP contribution in [0, 0.1) is 0 Å². The second kappa shape index (κ2) is 7.53. The molecule has 0 saturated carbocycles. The van der Waals surface area contributed by atoms with Crippen molar-refractivity contribution >= 4 is 12.3 Å². The third-order valence-electron chi connectivity index (χ3n) is 1.49. The molecule has 0 aliphatic heterocycles. The summed E-state index contributed by atoms with van der Waals surface area (Å²) in [6.07, 6.45) is 6.42. The second-order valence-corrected chi connectivity index (χ2v) is 2.74. The van der Waals surface area contributed by atoms with E-state index in [1.165, 1.54) is 6.92 Å². The zero-order valence-electron chi connectivity index (χ0n) is 8.16. The van der Waals surface area contributed by atoms with Crippen LogP contribution in [0.4, 0.5) is 0 Å². The average molecular weight is 184 g/mol. The first-order chi connectivity index (χ1) is 6.20. The second-order valence-electron chi connectivity index (χ2n) is 2.74. The third kappa shape index (κ3) is 7.25. The van der Waals surface area contributed by atoms with E-state index in [9.17, 15) is 9.59 Å². The molecule has 0 unspecified atom stereocenters. The number of hydrogen-bond donors (Lipinski definition) is 0. The van der Waals surface area contributed by atoms with Crippen molar-refractivity contribution in [3.8, 4) is 0 Å². The lowest BCUT2D eigenvalue weighted by Crippen LogP contribution is -2.17. The molecule has 3 heteroatoms. The number of carbonyl (C=O) groups is 2. The van der Waals surface area contributed by atoms with E-state index < -0.39 is 12.1 Å². The molecule has 0 aromatic rings. The van der Waals surface area contributed by atoms with Crippen LogP contribution in [0.15, 0.2) is 12.2 Å². The van der Waals surface area contributed by atoms with Crippen molar-refractivity contribution in [3.05, 3.63) is 12.2 Å². The first-order valence-corrected chi connectivity index (χ1v) is 4.48. The maximum absolute atomic E-state index is 10.5. The molecule has 0 aliphatic carbocycles. The molecular formula is C10H16O3. The fourth-order valence-electron chi connectivity index (χ4n) is 0.913. The molecule has 0 radical (unpaired) electrons. The average Bonchev–Trinajstić information content (AvgIpc) is 2.09. The van der Waals surface area contributed by atoms with Gasteiger partial charge in [-0.1, -0.05) is 19.1 Å². The minimum Gasteiger partial charge on any atom is -0.455 e. The van der Waals surface area contributed by atoms with Crippen LogP contribution in [0.2, 0.25) is 0 Å². The van der Waals surface area contributed by atoms with Crippen molar-refractivity contribution in [3.63, 3.8) is 0 Å². The number of hydrogen-bond acceptors (Lipinski definition) is 3. The van der Waals surface area contributed by atoms with Crippen LogP contribution in [0.1, 0.15) is 33.1 Å². The Hall–Kier alpha value is -1.12. The van der Waals surface area contributed by atoms with E-state index >= 15 is 0 Å². The highest BCUT2D eigenvalue weighted by atomic mass is 16.5. The van der Waals surface area contributed by atoms with Crippen molar-refractivity contribution in [1.82, 2.24) is 0 Å². The molecule has 0 spiro atoms. The molecule has 0 saturated heterocycles. The molecule has 0 aliphatic rings. The molecule has 74 valence electrons. The summed E-state index contributed by atoms with van der Waals surface area (Å²) in [5, 5.41) is 0. The zero-order valence-corrected chi connectivity index (χ0v) is 8.16. The summed E-state index contributed by atoms with van der Waals surface area (Å²) >= 11 is 0. The number of rotatable bonds is 6. The molecule has 3 nitrogen and oxygen atoms in total. The van der Waals surface area contributed by atoms with E-state index in [4.69, 9.17) is 4.74 Å². The van der Waals surface area contributed by atoms with Crippen molar-refractivity contribution in [2.24, 2.45) is 0 Å². The fourth-order valence-corrected chi connectivity index (χ4v) is 0.913. The molecule has 0 aromatic carbocycles. The van der Waals surface area contributed by atoms with Gasteiger partial charge < -0.3 is 4.74 Å². The lowest BCUT2D eigenvalue weighted by atomic mass is 10.2. The predicted octanol–water partition coefficient (Wildman–Crippen LogP) is 1.86. The normalized spacial score (nSPS) is 12.8. The van der Waals surface area contributed by atoms with Gasteiger partial charge in [-0.2, -0.15) is 0 Å². The summed E-state index contributed by atoms with van der Waals surface area (Å²) in [5.74, 6) is -0.406. The molecule has 0 heterocycles. The summed E-state index contributed by atoms with van der Waals surface area (Å²) in [6, 6.07) is 0. The molecule has 1 atom stereocenters. The van der Waals surface area contributed by atoms with Gasteiger partial charge in [0.1, 0.15) is 0 Å². The Balaban J connectivity index is 3.65. The molecule has 0 aromatic heterocycles. The number of esters is 1. The van der Waals surface area contributed by atoms with Gasteiger partial charge in [0.15, 0.2) is 12.4 Å². The summed E-state index contributed by atoms with van der Waals surface area (Å²) in [5.41, 5.74) is 0. The van der Waals surface area contributed by atoms with Crippen LogP contribution in [-0.2, 0) is 14.3 Å². The van der Waals surface area contributed by atoms with Gasteiger partial charge in [-0.25, -0.2) is 0 Å². The topological polar surface area (TPSA) is 43.4 Å². The molecule has 13 heavy (non-hydrogen) atoms. The summed E-state index contributed by atoms with van der Waals surface area (Å²) in [7, 11) is 0. The molecule has 0 rings (SSSR count). The fraction of sp³-hybridized carbons (Fsp3) is 0.600. The van der Waals surface area contributed by atoms with Gasteiger partial charge in [0.05, 0.1) is 0 Å². The van der Waals surface area contributed by atoms with Crippen LogP contribution in [0.25, 0.3) is 0 Å². The predicted molar refractivity (Wildman–Crippen MR) is 50.3 cm³/mol. The Kier molecular flexibility index (Phi) is 6.88. The van der Waals surface area contributed by atoms with Gasteiger partial charge >= 0.3 is 5.97 Å². The Morgan fingerprint density at radius 3 is 2.62 bits per heavy atom. The molecule has 0 fully saturated rings. The molecule has 0 N–H and O–H groups in total. The van der Waals surface area contributed by atoms with Crippen LogP contribution >= 0.6 is 0 Å². The smallest absolute Gasteiger partial charge is 0.303 e. The maximum atomic E-state index is 10.5. The van der Waals surface area contributed by atoms with Gasteiger partial charge in [0.25, 0.3) is 0 Å². The Morgan fingerprint density at radius 1 is 1.46 bits per heavy atom. The summed E-state index contributed by atoms with van der Waals surface area (Å²) in [4.78, 5) is 20.9. The number of ether oxygens (including phenoxy) is 1. The first-order valence-electron chi connectivity index (χ1n) is 4.48. The van der Waals surface area contributed by atoms with Crippen molar-refractivity contribution in [2.75, 3.05) is 0 Å². The summed E-state index contributed by atoms with van der Waals surface area (Å²) < 4.78 is 4.74. The van der Waals surface area contributed by atoms with Crippen molar-refractivity contribution in [2.45, 2.75) is 39.2 Å². The van der Waals surface area contributed by atoms with Gasteiger partial charge in [0.2, 0.25) is 0 Å². The zero-order chi connectivity index (χ0) is 10.1. The lowest BCUT2D eigenvalue weighted by Gasteiger charge is -2.08. The standard InChI is InChI=1S/C10H16O3/c1-3-4-5-6-7-10(8-11)13-9(2)12/h4-5,8,10H,3,6-7H2,1-2H3/b5-4-/t10-/m1/s1. The van der Waals surface area contributed by atoms with E-state index in [-0.39, 0.29) is 0 Å². The Bertz CT molecular complexity index is 185. The van der Waals surface area contributed by atoms with Gasteiger partial charge in [-0.3, -0.25) is 9.59 Å². The minimum absolute atomic E-state index is 0.406. The van der Waals surface area contributed by atoms with E-state index in [2.05, 4.69) is 0 Å². The van der Waals surface area contributed by atoms with Crippen LogP contribution in [0.5, 0.6) is 0 Å². The first kappa shape index (κ1) is 11.9. The third-order valence-corrected chi connectivity index (χ3v) is 1.49. The monoisotopic (exact) mass is 184 g/mol. The highest BCUT2D eigenvalue weighted by Gasteiger charge is 2.08. The van der Waals surface area contributed by atoms with Gasteiger partial charge in [-0.05, 0) is 19.3 Å². The highest BCUT2D eigenvalue weighted by Crippen LogP contribution is 2.01. The van der Waals surface area contributed by atoms with Crippen LogP contribution < -0.4 is 0 Å². The molecular weight excluding hydrogens is 168 g/mol. The number of allylic oxidation sites excluding steroid dienone is 2. The Morgan fingerprint density at radius 2 is 2.15 bits per heavy atom. The van der Waals surface area contributed by atoms with Crippen molar-refractivity contribution < 1.29 is 14.3 Å². The van der Waals surface area contributed by atoms with Gasteiger partial charge in [0, 0.05) is 6.92 Å². The minimum atomic E-state index is -0.584. The maximum Gasteiger partial charge on any atom is 0.303 e. The molecule has 0 amide bonds. The highest BCUT2D eigenvalue weighted by molar-refractivity contribution is 5.69. The molecule has 0 bridgehead atoms. The largest absolute Gasteiger partial charge is 0.455 e. The van der Waals surface area contributed by atoms with E-state index in [1.807, 2.05) is 19.1 Å². The Labute approximate surface area is 78.8 Å². The van der Waals surface area contributed by atoms with Crippen molar-refractivity contribution in [1.29, 1.82) is 0 Å². The van der Waals surface area contributed by atoms with Crippen LogP contribution in [-0.4, -0.2) is 18.4 Å². The summed E-state index contributed by atoms with van der Waals surface area (Å²) in [6.45, 7) is 3.35. The SMILES string of the molecule is CC/C=C\CC[C@H](C=O)OC(C)=O. The quantitative estimate of drug-likeness (QED) is 0.359. The van der Waals surface area contributed by atoms with Crippen LogP contribution in [0.3, 0.4) is 0 Å². The van der Waals surface area contributed by atoms with Gasteiger partial charge in [-0.15, -0.1) is 0 Å². The number of aldehydes is 1. The van der Waals surface area contributed by atoms with E-state index in [1.54, 1.807) is 0 Å².